The smallest absolute Gasteiger partial charge is 0.295 e. The van der Waals surface area contributed by atoms with E-state index >= 15 is 0 Å². The van der Waals surface area contributed by atoms with Gasteiger partial charge < -0.3 is 24.7 Å². The van der Waals surface area contributed by atoms with Crippen molar-refractivity contribution in [3.8, 4) is 11.5 Å². The molecule has 0 saturated carbocycles. The SMILES string of the molecule is Cc1ccccc1COc1ccc(/C(O)=C2\C(=O)C(=O)N(CCCN(C)C)[C@@H]2c2ccc(O)cc2)cc1. The highest BCUT2D eigenvalue weighted by Gasteiger charge is 2.45. The van der Waals surface area contributed by atoms with Crippen LogP contribution in [0.3, 0.4) is 0 Å². The van der Waals surface area contributed by atoms with Crippen LogP contribution in [0, 0.1) is 6.92 Å². The quantitative estimate of drug-likeness (QED) is 0.253. The second kappa shape index (κ2) is 11.3. The number of ketones is 1. The normalized spacial score (nSPS) is 17.0. The Morgan fingerprint density at radius 2 is 1.65 bits per heavy atom. The number of hydrogen-bond donors (Lipinski definition) is 2. The molecule has 0 spiro atoms. The molecule has 3 aromatic carbocycles. The molecule has 4 rings (SSSR count). The van der Waals surface area contributed by atoms with Gasteiger partial charge in [0.05, 0.1) is 11.6 Å². The van der Waals surface area contributed by atoms with Crippen LogP contribution in [0.2, 0.25) is 0 Å². The lowest BCUT2D eigenvalue weighted by Crippen LogP contribution is -2.32. The molecule has 2 N–H and O–H groups in total. The van der Waals surface area contributed by atoms with Gasteiger partial charge in [-0.3, -0.25) is 9.59 Å². The molecule has 1 aliphatic heterocycles. The monoisotopic (exact) mass is 500 g/mol. The zero-order valence-electron chi connectivity index (χ0n) is 21.3. The number of hydrogen-bond acceptors (Lipinski definition) is 6. The summed E-state index contributed by atoms with van der Waals surface area (Å²) in [5.41, 5.74) is 3.31. The summed E-state index contributed by atoms with van der Waals surface area (Å²) in [5.74, 6) is -0.900. The van der Waals surface area contributed by atoms with Crippen LogP contribution >= 0.6 is 0 Å². The molecule has 0 radical (unpaired) electrons. The molecule has 1 amide bonds. The summed E-state index contributed by atoms with van der Waals surface area (Å²) in [7, 11) is 3.89. The number of aliphatic hydroxyl groups excluding tert-OH is 1. The van der Waals surface area contributed by atoms with Gasteiger partial charge in [-0.25, -0.2) is 0 Å². The van der Waals surface area contributed by atoms with Crippen molar-refractivity contribution in [3.05, 3.63) is 101 Å². The summed E-state index contributed by atoms with van der Waals surface area (Å²) in [6, 6.07) is 20.4. The number of phenols is 1. The Morgan fingerprint density at radius 3 is 2.30 bits per heavy atom. The fourth-order valence-electron chi connectivity index (χ4n) is 4.47. The Bertz CT molecular complexity index is 1300. The van der Waals surface area contributed by atoms with Crippen molar-refractivity contribution >= 4 is 17.4 Å². The zero-order chi connectivity index (χ0) is 26.5. The third-order valence-electron chi connectivity index (χ3n) is 6.54. The van der Waals surface area contributed by atoms with Crippen molar-refractivity contribution in [1.82, 2.24) is 9.80 Å². The van der Waals surface area contributed by atoms with E-state index in [4.69, 9.17) is 4.74 Å². The topological polar surface area (TPSA) is 90.3 Å². The molecule has 0 aromatic heterocycles. The van der Waals surface area contributed by atoms with Crippen LogP contribution in [0.4, 0.5) is 0 Å². The highest BCUT2D eigenvalue weighted by molar-refractivity contribution is 6.46. The number of ether oxygens (including phenoxy) is 1. The van der Waals surface area contributed by atoms with Gasteiger partial charge >= 0.3 is 0 Å². The van der Waals surface area contributed by atoms with Gasteiger partial charge in [-0.15, -0.1) is 0 Å². The van der Waals surface area contributed by atoms with E-state index in [0.717, 1.165) is 17.7 Å². The maximum atomic E-state index is 13.1. The summed E-state index contributed by atoms with van der Waals surface area (Å²) in [6.45, 7) is 3.54. The number of carbonyl (C=O) groups is 2. The Balaban J connectivity index is 1.63. The Hall–Kier alpha value is -4.10. The van der Waals surface area contributed by atoms with Gasteiger partial charge in [0.15, 0.2) is 0 Å². The number of benzene rings is 3. The van der Waals surface area contributed by atoms with Gasteiger partial charge in [0, 0.05) is 12.1 Å². The number of likely N-dealkylation sites (tertiary alicyclic amines) is 1. The molecular weight excluding hydrogens is 468 g/mol. The van der Waals surface area contributed by atoms with Crippen molar-refractivity contribution < 1.29 is 24.5 Å². The van der Waals surface area contributed by atoms with Gasteiger partial charge in [-0.05, 0) is 87.1 Å². The van der Waals surface area contributed by atoms with E-state index in [-0.39, 0.29) is 17.1 Å². The van der Waals surface area contributed by atoms with Crippen LogP contribution in [-0.4, -0.2) is 58.9 Å². The highest BCUT2D eigenvalue weighted by Crippen LogP contribution is 2.40. The number of aromatic hydroxyl groups is 1. The van der Waals surface area contributed by atoms with Gasteiger partial charge in [0.25, 0.3) is 11.7 Å². The lowest BCUT2D eigenvalue weighted by atomic mass is 9.95. The van der Waals surface area contributed by atoms with E-state index in [1.54, 1.807) is 36.4 Å². The van der Waals surface area contributed by atoms with Crippen molar-refractivity contribution in [2.75, 3.05) is 27.2 Å². The van der Waals surface area contributed by atoms with Gasteiger partial charge in [-0.1, -0.05) is 36.4 Å². The summed E-state index contributed by atoms with van der Waals surface area (Å²) < 4.78 is 5.90. The predicted octanol–water partition coefficient (Wildman–Crippen LogP) is 4.65. The number of aliphatic hydroxyl groups is 1. The van der Waals surface area contributed by atoms with Crippen molar-refractivity contribution in [1.29, 1.82) is 0 Å². The minimum absolute atomic E-state index is 0.0362. The molecule has 1 aliphatic rings. The molecule has 1 atom stereocenters. The van der Waals surface area contributed by atoms with Crippen LogP contribution in [0.1, 0.15) is 34.7 Å². The summed E-state index contributed by atoms with van der Waals surface area (Å²) >= 11 is 0. The van der Waals surface area contributed by atoms with Gasteiger partial charge in [-0.2, -0.15) is 0 Å². The van der Waals surface area contributed by atoms with E-state index < -0.39 is 17.7 Å². The number of carbonyl (C=O) groups excluding carboxylic acids is 2. The minimum atomic E-state index is -0.750. The maximum Gasteiger partial charge on any atom is 0.295 e. The molecule has 0 aliphatic carbocycles. The predicted molar refractivity (Wildman–Crippen MR) is 142 cm³/mol. The van der Waals surface area contributed by atoms with Crippen LogP contribution in [0.25, 0.3) is 5.76 Å². The fraction of sp³-hybridized carbons (Fsp3) is 0.267. The van der Waals surface area contributed by atoms with Crippen LogP contribution in [-0.2, 0) is 16.2 Å². The Labute approximate surface area is 217 Å². The summed E-state index contributed by atoms with van der Waals surface area (Å²) in [5, 5.41) is 21.0. The number of Topliss-reactive ketones (excluding diaryl/α,β-unsaturated/α-hetero) is 1. The molecule has 1 heterocycles. The molecule has 192 valence electrons. The average molecular weight is 501 g/mol. The number of amides is 1. The first-order valence-corrected chi connectivity index (χ1v) is 12.3. The van der Waals surface area contributed by atoms with E-state index in [0.29, 0.717) is 36.4 Å². The zero-order valence-corrected chi connectivity index (χ0v) is 21.3. The van der Waals surface area contributed by atoms with Crippen LogP contribution in [0.15, 0.2) is 78.4 Å². The highest BCUT2D eigenvalue weighted by atomic mass is 16.5. The molecule has 7 nitrogen and oxygen atoms in total. The van der Waals surface area contributed by atoms with Crippen LogP contribution < -0.4 is 4.74 Å². The van der Waals surface area contributed by atoms with Crippen molar-refractivity contribution in [3.63, 3.8) is 0 Å². The third-order valence-corrected chi connectivity index (χ3v) is 6.54. The van der Waals surface area contributed by atoms with E-state index in [1.807, 2.05) is 50.2 Å². The Morgan fingerprint density at radius 1 is 0.973 bits per heavy atom. The minimum Gasteiger partial charge on any atom is -0.508 e. The molecule has 1 fully saturated rings. The average Bonchev–Trinajstić information content (AvgIpc) is 3.13. The van der Waals surface area contributed by atoms with Crippen molar-refractivity contribution in [2.24, 2.45) is 0 Å². The summed E-state index contributed by atoms with van der Waals surface area (Å²) in [6.07, 6.45) is 0.668. The van der Waals surface area contributed by atoms with Crippen LogP contribution in [0.5, 0.6) is 11.5 Å². The third kappa shape index (κ3) is 5.84. The molecule has 7 heteroatoms. The summed E-state index contributed by atoms with van der Waals surface area (Å²) in [4.78, 5) is 29.7. The largest absolute Gasteiger partial charge is 0.508 e. The number of aryl methyl sites for hydroxylation is 1. The molecule has 37 heavy (non-hydrogen) atoms. The van der Waals surface area contributed by atoms with Crippen molar-refractivity contribution in [2.45, 2.75) is 26.0 Å². The standard InChI is InChI=1S/C30H32N2O5/c1-20-7-4-5-8-23(20)19-37-25-15-11-22(12-16-25)28(34)26-27(21-9-13-24(33)14-10-21)32(30(36)29(26)35)18-6-17-31(2)3/h4-5,7-16,27,33-34H,6,17-19H2,1-3H3/b28-26+/t27-/m1/s1. The fourth-order valence-corrected chi connectivity index (χ4v) is 4.47. The Kier molecular flexibility index (Phi) is 7.94. The first kappa shape index (κ1) is 26.0. The van der Waals surface area contributed by atoms with E-state index in [9.17, 15) is 19.8 Å². The second-order valence-corrected chi connectivity index (χ2v) is 9.48. The van der Waals surface area contributed by atoms with E-state index in [2.05, 4.69) is 0 Å². The van der Waals surface area contributed by atoms with Gasteiger partial charge in [0.1, 0.15) is 23.9 Å². The number of rotatable bonds is 9. The first-order chi connectivity index (χ1) is 17.8. The van der Waals surface area contributed by atoms with E-state index in [1.165, 1.54) is 17.0 Å². The maximum absolute atomic E-state index is 13.1. The lowest BCUT2D eigenvalue weighted by molar-refractivity contribution is -0.139. The molecule has 3 aromatic rings. The van der Waals surface area contributed by atoms with Gasteiger partial charge in [0.2, 0.25) is 0 Å². The molecule has 0 bridgehead atoms. The lowest BCUT2D eigenvalue weighted by Gasteiger charge is -2.26. The molecule has 1 saturated heterocycles. The first-order valence-electron chi connectivity index (χ1n) is 12.3. The molecule has 0 unspecified atom stereocenters. The number of phenolic OH excluding ortho intramolecular Hbond substituents is 1. The number of nitrogens with zero attached hydrogens (tertiary/aromatic N) is 2. The molecular formula is C30H32N2O5. The second-order valence-electron chi connectivity index (χ2n) is 9.48.